The molecule has 1 saturated carbocycles. The molecule has 0 aromatic carbocycles. The Morgan fingerprint density at radius 2 is 2.08 bits per heavy atom. The summed E-state index contributed by atoms with van der Waals surface area (Å²) in [5.74, 6) is 1.89. The molecule has 4 heteroatoms. The van der Waals surface area contributed by atoms with Crippen LogP contribution in [0.2, 0.25) is 0 Å². The van der Waals surface area contributed by atoms with Gasteiger partial charge in [0.25, 0.3) is 0 Å². The van der Waals surface area contributed by atoms with Gasteiger partial charge in [-0.3, -0.25) is 0 Å². The first-order valence-electron chi connectivity index (χ1n) is 4.72. The van der Waals surface area contributed by atoms with Crippen LogP contribution in [0.25, 0.3) is 0 Å². The molecule has 0 radical (unpaired) electrons. The first-order chi connectivity index (χ1) is 6.25. The first-order valence-corrected chi connectivity index (χ1v) is 5.50. The smallest absolute Gasteiger partial charge is 0.398 e. The maximum absolute atomic E-state index is 10.8. The van der Waals surface area contributed by atoms with E-state index in [-0.39, 0.29) is 4.94 Å². The van der Waals surface area contributed by atoms with Crippen molar-refractivity contribution in [3.05, 3.63) is 15.6 Å². The summed E-state index contributed by atoms with van der Waals surface area (Å²) in [6.07, 6.45) is 4.69. The second-order valence-electron chi connectivity index (χ2n) is 3.83. The highest BCUT2D eigenvalue weighted by atomic mass is 32.1. The van der Waals surface area contributed by atoms with Crippen LogP contribution >= 0.6 is 11.5 Å². The molecule has 0 bridgehead atoms. The zero-order chi connectivity index (χ0) is 9.26. The Kier molecular flexibility index (Phi) is 2.49. The lowest BCUT2D eigenvalue weighted by molar-refractivity contribution is 0.303. The average molecular weight is 199 g/mol. The van der Waals surface area contributed by atoms with Gasteiger partial charge in [-0.2, -0.15) is 4.37 Å². The molecule has 0 saturated heterocycles. The van der Waals surface area contributed by atoms with Crippen molar-refractivity contribution in [2.75, 3.05) is 0 Å². The zero-order valence-electron chi connectivity index (χ0n) is 7.66. The molecule has 0 aliphatic heterocycles. The van der Waals surface area contributed by atoms with Gasteiger partial charge in [0.2, 0.25) is 5.89 Å². The third-order valence-electron chi connectivity index (χ3n) is 2.76. The van der Waals surface area contributed by atoms with E-state index in [1.54, 1.807) is 0 Å². The van der Waals surface area contributed by atoms with Crippen LogP contribution in [0.5, 0.6) is 0 Å². The summed E-state index contributed by atoms with van der Waals surface area (Å²) in [5.41, 5.74) is 0. The number of hydrogen-bond donors (Lipinski definition) is 0. The van der Waals surface area contributed by atoms with Crippen LogP contribution in [0.4, 0.5) is 0 Å². The van der Waals surface area contributed by atoms with Crippen LogP contribution in [0.3, 0.4) is 0 Å². The van der Waals surface area contributed by atoms with Gasteiger partial charge in [-0.25, -0.2) is 4.79 Å². The van der Waals surface area contributed by atoms with Gasteiger partial charge >= 0.3 is 4.94 Å². The van der Waals surface area contributed by atoms with E-state index in [2.05, 4.69) is 11.3 Å². The minimum Gasteiger partial charge on any atom is -0.398 e. The van der Waals surface area contributed by atoms with Crippen LogP contribution in [0.15, 0.2) is 9.21 Å². The summed E-state index contributed by atoms with van der Waals surface area (Å²) in [5, 5.41) is 0. The third-order valence-corrected chi connectivity index (χ3v) is 3.27. The fourth-order valence-corrected chi connectivity index (χ4v) is 2.34. The molecule has 0 amide bonds. The van der Waals surface area contributed by atoms with Gasteiger partial charge in [0.15, 0.2) is 0 Å². The monoisotopic (exact) mass is 199 g/mol. The van der Waals surface area contributed by atoms with Gasteiger partial charge < -0.3 is 4.42 Å². The Morgan fingerprint density at radius 1 is 1.38 bits per heavy atom. The Hall–Kier alpha value is -0.640. The van der Waals surface area contributed by atoms with Gasteiger partial charge in [0.1, 0.15) is 0 Å². The molecular formula is C9H13NO2S. The summed E-state index contributed by atoms with van der Waals surface area (Å²) < 4.78 is 9.04. The first kappa shape index (κ1) is 8.94. The second-order valence-corrected chi connectivity index (χ2v) is 4.53. The van der Waals surface area contributed by atoms with Crippen molar-refractivity contribution in [1.82, 2.24) is 4.37 Å². The van der Waals surface area contributed by atoms with Crippen molar-refractivity contribution >= 4 is 11.5 Å². The van der Waals surface area contributed by atoms with E-state index in [4.69, 9.17) is 4.42 Å². The van der Waals surface area contributed by atoms with E-state index in [1.165, 1.54) is 12.8 Å². The SMILES string of the molecule is C[C@H]1CC[C@H](c2nsc(=O)o2)CC1. The maximum Gasteiger partial charge on any atom is 0.414 e. The predicted molar refractivity (Wildman–Crippen MR) is 51.0 cm³/mol. The van der Waals surface area contributed by atoms with Crippen LogP contribution in [-0.4, -0.2) is 4.37 Å². The molecule has 2 rings (SSSR count). The Bertz CT molecular complexity index is 322. The van der Waals surface area contributed by atoms with E-state index in [9.17, 15) is 4.79 Å². The van der Waals surface area contributed by atoms with E-state index < -0.39 is 0 Å². The molecule has 72 valence electrons. The maximum atomic E-state index is 10.8. The van der Waals surface area contributed by atoms with Crippen molar-refractivity contribution in [3.63, 3.8) is 0 Å². The van der Waals surface area contributed by atoms with E-state index in [1.807, 2.05) is 0 Å². The minimum absolute atomic E-state index is 0.270. The normalized spacial score (nSPS) is 29.0. The molecule has 1 aliphatic carbocycles. The van der Waals surface area contributed by atoms with Gasteiger partial charge in [-0.15, -0.1) is 0 Å². The number of aromatic nitrogens is 1. The number of hydrogen-bond acceptors (Lipinski definition) is 4. The van der Waals surface area contributed by atoms with Gasteiger partial charge in [0.05, 0.1) is 0 Å². The molecular weight excluding hydrogens is 186 g/mol. The van der Waals surface area contributed by atoms with Crippen molar-refractivity contribution in [2.45, 2.75) is 38.5 Å². The van der Waals surface area contributed by atoms with Gasteiger partial charge in [-0.05, 0) is 31.6 Å². The minimum atomic E-state index is -0.270. The molecule has 1 aromatic rings. The Balaban J connectivity index is 2.06. The summed E-state index contributed by atoms with van der Waals surface area (Å²) in [6, 6.07) is 0. The summed E-state index contributed by atoms with van der Waals surface area (Å²) in [4.78, 5) is 10.5. The number of nitrogens with zero attached hydrogens (tertiary/aromatic N) is 1. The third kappa shape index (κ3) is 1.99. The molecule has 3 nitrogen and oxygen atoms in total. The van der Waals surface area contributed by atoms with Crippen LogP contribution < -0.4 is 4.94 Å². The number of rotatable bonds is 1. The fraction of sp³-hybridized carbons (Fsp3) is 0.778. The van der Waals surface area contributed by atoms with E-state index in [0.717, 1.165) is 30.3 Å². The molecule has 1 heterocycles. The van der Waals surface area contributed by atoms with E-state index in [0.29, 0.717) is 11.8 Å². The summed E-state index contributed by atoms with van der Waals surface area (Å²) in [6.45, 7) is 2.27. The topological polar surface area (TPSA) is 43.1 Å². The highest BCUT2D eigenvalue weighted by Crippen LogP contribution is 2.34. The molecule has 1 aliphatic rings. The lowest BCUT2D eigenvalue weighted by atomic mass is 9.83. The largest absolute Gasteiger partial charge is 0.414 e. The summed E-state index contributed by atoms with van der Waals surface area (Å²) >= 11 is 0.927. The van der Waals surface area contributed by atoms with Crippen molar-refractivity contribution in [1.29, 1.82) is 0 Å². The highest BCUT2D eigenvalue weighted by molar-refractivity contribution is 7.02. The van der Waals surface area contributed by atoms with Gasteiger partial charge in [-0.1, -0.05) is 6.92 Å². The summed E-state index contributed by atoms with van der Waals surface area (Å²) in [7, 11) is 0. The molecule has 0 N–H and O–H groups in total. The Morgan fingerprint density at radius 3 is 2.62 bits per heavy atom. The van der Waals surface area contributed by atoms with Crippen molar-refractivity contribution in [3.8, 4) is 0 Å². The zero-order valence-corrected chi connectivity index (χ0v) is 8.47. The second kappa shape index (κ2) is 3.62. The fourth-order valence-electron chi connectivity index (χ4n) is 1.87. The van der Waals surface area contributed by atoms with Crippen molar-refractivity contribution in [2.24, 2.45) is 5.92 Å². The quantitative estimate of drug-likeness (QED) is 0.697. The van der Waals surface area contributed by atoms with Crippen molar-refractivity contribution < 1.29 is 4.42 Å². The standard InChI is InChI=1S/C9H13NO2S/c1-6-2-4-7(5-3-6)8-10-13-9(11)12-8/h6-7H,2-5H2,1H3/t6-,7-. The lowest BCUT2D eigenvalue weighted by Crippen LogP contribution is -2.11. The molecule has 1 aromatic heterocycles. The average Bonchev–Trinajstić information content (AvgIpc) is 2.53. The highest BCUT2D eigenvalue weighted by Gasteiger charge is 2.23. The Labute approximate surface area is 80.9 Å². The van der Waals surface area contributed by atoms with Crippen LogP contribution in [0, 0.1) is 5.92 Å². The predicted octanol–water partition coefficient (Wildman–Crippen LogP) is 2.39. The molecule has 0 spiro atoms. The van der Waals surface area contributed by atoms with Crippen LogP contribution in [-0.2, 0) is 0 Å². The molecule has 1 fully saturated rings. The molecule has 0 atom stereocenters. The van der Waals surface area contributed by atoms with Gasteiger partial charge in [0, 0.05) is 17.5 Å². The molecule has 13 heavy (non-hydrogen) atoms. The molecule has 0 unspecified atom stereocenters. The van der Waals surface area contributed by atoms with Crippen LogP contribution in [0.1, 0.15) is 44.4 Å². The lowest BCUT2D eigenvalue weighted by Gasteiger charge is -2.23. The van der Waals surface area contributed by atoms with E-state index >= 15 is 0 Å².